The summed E-state index contributed by atoms with van der Waals surface area (Å²) in [5, 5.41) is 3.44. The van der Waals surface area contributed by atoms with Crippen LogP contribution in [-0.4, -0.2) is 32.7 Å². The van der Waals surface area contributed by atoms with Crippen LogP contribution in [0.5, 0.6) is 5.75 Å². The first kappa shape index (κ1) is 17.1. The van der Waals surface area contributed by atoms with Crippen molar-refractivity contribution in [2.24, 2.45) is 0 Å². The molecule has 0 radical (unpaired) electrons. The molecule has 0 bridgehead atoms. The summed E-state index contributed by atoms with van der Waals surface area (Å²) in [7, 11) is 1.93. The number of hydrogen-bond donors (Lipinski definition) is 1. The highest BCUT2D eigenvalue weighted by Crippen LogP contribution is 2.16. The van der Waals surface area contributed by atoms with Gasteiger partial charge < -0.3 is 15.0 Å². The van der Waals surface area contributed by atoms with Crippen molar-refractivity contribution in [3.8, 4) is 5.75 Å². The van der Waals surface area contributed by atoms with E-state index in [4.69, 9.17) is 16.3 Å². The molecule has 1 N–H and O–H groups in total. The van der Waals surface area contributed by atoms with Crippen molar-refractivity contribution in [1.29, 1.82) is 0 Å². The van der Waals surface area contributed by atoms with Crippen molar-refractivity contribution in [1.82, 2.24) is 5.32 Å². The van der Waals surface area contributed by atoms with Crippen molar-refractivity contribution in [2.75, 3.05) is 31.6 Å². The van der Waals surface area contributed by atoms with Gasteiger partial charge in [-0.3, -0.25) is 4.79 Å². The Bertz CT molecular complexity index is 649. The van der Waals surface area contributed by atoms with Gasteiger partial charge in [0.2, 0.25) is 0 Å². The fourth-order valence-electron chi connectivity index (χ4n) is 1.94. The number of nitrogens with one attached hydrogen (secondary N) is 1. The van der Waals surface area contributed by atoms with E-state index in [9.17, 15) is 9.18 Å². The van der Waals surface area contributed by atoms with Crippen molar-refractivity contribution in [2.45, 2.75) is 0 Å². The third-order valence-electron chi connectivity index (χ3n) is 3.20. The van der Waals surface area contributed by atoms with E-state index >= 15 is 0 Å². The molecule has 0 heterocycles. The lowest BCUT2D eigenvalue weighted by atomic mass is 10.3. The molecule has 0 saturated heterocycles. The highest BCUT2D eigenvalue weighted by molar-refractivity contribution is 6.30. The summed E-state index contributed by atoms with van der Waals surface area (Å²) in [6.07, 6.45) is 0. The highest BCUT2D eigenvalue weighted by Gasteiger charge is 2.05. The first-order chi connectivity index (χ1) is 11.0. The number of halogens is 2. The minimum absolute atomic E-state index is 0.145. The third-order valence-corrected chi connectivity index (χ3v) is 3.45. The summed E-state index contributed by atoms with van der Waals surface area (Å²) in [4.78, 5) is 13.7. The van der Waals surface area contributed by atoms with E-state index in [1.165, 1.54) is 18.2 Å². The number of nitrogens with zero attached hydrogens (tertiary/aromatic N) is 1. The normalized spacial score (nSPS) is 10.2. The fourth-order valence-corrected chi connectivity index (χ4v) is 2.07. The Labute approximate surface area is 139 Å². The standard InChI is InChI=1S/C17H18ClFN2O2/c1-21(15-7-5-13(18)6-8-15)10-9-20-17(22)12-23-16-4-2-3-14(19)11-16/h2-8,11H,9-10,12H2,1H3,(H,20,22). The maximum absolute atomic E-state index is 13.0. The SMILES string of the molecule is CN(CCNC(=O)COc1cccc(F)c1)c1ccc(Cl)cc1. The topological polar surface area (TPSA) is 41.6 Å². The van der Waals surface area contributed by atoms with Crippen LogP contribution in [0.25, 0.3) is 0 Å². The summed E-state index contributed by atoms with van der Waals surface area (Å²) in [6, 6.07) is 13.2. The van der Waals surface area contributed by atoms with Crippen LogP contribution in [0.15, 0.2) is 48.5 Å². The molecule has 0 aromatic heterocycles. The molecule has 0 unspecified atom stereocenters. The van der Waals surface area contributed by atoms with Crippen molar-refractivity contribution in [3.05, 3.63) is 59.4 Å². The first-order valence-electron chi connectivity index (χ1n) is 7.16. The Morgan fingerprint density at radius 3 is 2.70 bits per heavy atom. The molecule has 2 aromatic rings. The summed E-state index contributed by atoms with van der Waals surface area (Å²) in [6.45, 7) is 0.978. The largest absolute Gasteiger partial charge is 0.484 e. The van der Waals surface area contributed by atoms with Gasteiger partial charge in [-0.05, 0) is 36.4 Å². The predicted molar refractivity (Wildman–Crippen MR) is 89.6 cm³/mol. The lowest BCUT2D eigenvalue weighted by molar-refractivity contribution is -0.123. The summed E-state index contributed by atoms with van der Waals surface area (Å²) in [5.41, 5.74) is 1.01. The van der Waals surface area contributed by atoms with Gasteiger partial charge in [0.15, 0.2) is 6.61 Å². The second kappa shape index (κ2) is 8.39. The van der Waals surface area contributed by atoms with Crippen molar-refractivity contribution in [3.63, 3.8) is 0 Å². The van der Waals surface area contributed by atoms with Crippen LogP contribution in [-0.2, 0) is 4.79 Å². The number of carbonyl (C=O) groups is 1. The van der Waals surface area contributed by atoms with Crippen LogP contribution in [0, 0.1) is 5.82 Å². The van der Waals surface area contributed by atoms with E-state index in [0.29, 0.717) is 23.9 Å². The van der Waals surface area contributed by atoms with Crippen LogP contribution < -0.4 is 15.0 Å². The molecule has 4 nitrogen and oxygen atoms in total. The maximum Gasteiger partial charge on any atom is 0.258 e. The Morgan fingerprint density at radius 2 is 2.00 bits per heavy atom. The number of benzene rings is 2. The number of hydrogen-bond acceptors (Lipinski definition) is 3. The molecule has 23 heavy (non-hydrogen) atoms. The van der Waals surface area contributed by atoms with Crippen LogP contribution >= 0.6 is 11.6 Å². The maximum atomic E-state index is 13.0. The van der Waals surface area contributed by atoms with Gasteiger partial charge in [-0.25, -0.2) is 4.39 Å². The number of anilines is 1. The van der Waals surface area contributed by atoms with E-state index in [1.807, 2.05) is 36.2 Å². The number of carbonyl (C=O) groups excluding carboxylic acids is 1. The van der Waals surface area contributed by atoms with Gasteiger partial charge in [0.1, 0.15) is 11.6 Å². The molecule has 0 atom stereocenters. The van der Waals surface area contributed by atoms with Crippen molar-refractivity contribution < 1.29 is 13.9 Å². The molecule has 2 rings (SSSR count). The molecular weight excluding hydrogens is 319 g/mol. The first-order valence-corrected chi connectivity index (χ1v) is 7.54. The van der Waals surface area contributed by atoms with E-state index < -0.39 is 5.82 Å². The van der Waals surface area contributed by atoms with Gasteiger partial charge >= 0.3 is 0 Å². The zero-order valence-electron chi connectivity index (χ0n) is 12.8. The van der Waals surface area contributed by atoms with Crippen LogP contribution in [0.3, 0.4) is 0 Å². The Morgan fingerprint density at radius 1 is 1.26 bits per heavy atom. The van der Waals surface area contributed by atoms with Gasteiger partial charge in [0.05, 0.1) is 0 Å². The lowest BCUT2D eigenvalue weighted by Gasteiger charge is -2.19. The summed E-state index contributed by atoms with van der Waals surface area (Å²) >= 11 is 5.84. The van der Waals surface area contributed by atoms with E-state index in [2.05, 4.69) is 5.32 Å². The highest BCUT2D eigenvalue weighted by atomic mass is 35.5. The number of likely N-dealkylation sites (N-methyl/N-ethyl adjacent to an activating group) is 1. The van der Waals surface area contributed by atoms with Gasteiger partial charge in [-0.2, -0.15) is 0 Å². The Hall–Kier alpha value is -2.27. The van der Waals surface area contributed by atoms with Gasteiger partial charge in [-0.15, -0.1) is 0 Å². The molecule has 0 spiro atoms. The molecule has 0 fully saturated rings. The van der Waals surface area contributed by atoms with Gasteiger partial charge in [0, 0.05) is 36.9 Å². The summed E-state index contributed by atoms with van der Waals surface area (Å²) in [5.74, 6) is -0.315. The second-order valence-corrected chi connectivity index (χ2v) is 5.43. The van der Waals surface area contributed by atoms with E-state index in [-0.39, 0.29) is 12.5 Å². The molecule has 122 valence electrons. The zero-order valence-corrected chi connectivity index (χ0v) is 13.5. The molecular formula is C17H18ClFN2O2. The second-order valence-electron chi connectivity index (χ2n) is 4.99. The van der Waals surface area contributed by atoms with Crippen LogP contribution in [0.2, 0.25) is 5.02 Å². The minimum Gasteiger partial charge on any atom is -0.484 e. The lowest BCUT2D eigenvalue weighted by Crippen LogP contribution is -2.35. The molecule has 0 aliphatic carbocycles. The molecule has 0 saturated carbocycles. The molecule has 0 aliphatic heterocycles. The fraction of sp³-hybridized carbons (Fsp3) is 0.235. The minimum atomic E-state index is -0.396. The van der Waals surface area contributed by atoms with Crippen LogP contribution in [0.1, 0.15) is 0 Å². The quantitative estimate of drug-likeness (QED) is 0.844. The molecule has 6 heteroatoms. The number of ether oxygens (including phenoxy) is 1. The number of amides is 1. The summed E-state index contributed by atoms with van der Waals surface area (Å²) < 4.78 is 18.2. The Kier molecular flexibility index (Phi) is 6.23. The van der Waals surface area contributed by atoms with Crippen LogP contribution in [0.4, 0.5) is 10.1 Å². The van der Waals surface area contributed by atoms with Crippen molar-refractivity contribution >= 4 is 23.2 Å². The predicted octanol–water partition coefficient (Wildman–Crippen LogP) is 3.11. The average Bonchev–Trinajstić information content (AvgIpc) is 2.53. The van der Waals surface area contributed by atoms with Gasteiger partial charge in [-0.1, -0.05) is 17.7 Å². The molecule has 0 aliphatic rings. The number of rotatable bonds is 7. The smallest absolute Gasteiger partial charge is 0.258 e. The third kappa shape index (κ3) is 5.79. The molecule has 1 amide bonds. The van der Waals surface area contributed by atoms with E-state index in [1.54, 1.807) is 6.07 Å². The Balaban J connectivity index is 1.69. The van der Waals surface area contributed by atoms with Gasteiger partial charge in [0.25, 0.3) is 5.91 Å². The monoisotopic (exact) mass is 336 g/mol. The molecule has 2 aromatic carbocycles. The average molecular weight is 337 g/mol. The van der Waals surface area contributed by atoms with E-state index in [0.717, 1.165) is 5.69 Å². The zero-order chi connectivity index (χ0) is 16.7.